The molecule has 0 spiro atoms. The zero-order valence-corrected chi connectivity index (χ0v) is 13.1. The van der Waals surface area contributed by atoms with Gasteiger partial charge in [-0.1, -0.05) is 30.3 Å². The minimum absolute atomic E-state index is 0.129. The Morgan fingerprint density at radius 3 is 2.62 bits per heavy atom. The number of hydrogen-bond acceptors (Lipinski definition) is 4. The number of anilines is 1. The molecule has 0 saturated heterocycles. The predicted octanol–water partition coefficient (Wildman–Crippen LogP) is 3.45. The number of nitro groups is 1. The lowest BCUT2D eigenvalue weighted by atomic mass is 10.1. The lowest BCUT2D eigenvalue weighted by Crippen LogP contribution is -2.21. The Hall–Kier alpha value is -1.74. The maximum Gasteiger partial charge on any atom is 0.293 e. The summed E-state index contributed by atoms with van der Waals surface area (Å²) in [4.78, 5) is 10.5. The lowest BCUT2D eigenvalue weighted by Gasteiger charge is -2.14. The quantitative estimate of drug-likeness (QED) is 0.457. The van der Waals surface area contributed by atoms with Crippen LogP contribution in [0.25, 0.3) is 0 Å². The molecule has 110 valence electrons. The Kier molecular flexibility index (Phi) is 5.07. The molecule has 1 atom stereocenters. The van der Waals surface area contributed by atoms with Crippen molar-refractivity contribution in [3.8, 4) is 0 Å². The molecule has 0 aliphatic rings. The van der Waals surface area contributed by atoms with Crippen LogP contribution in [0.3, 0.4) is 0 Å². The first-order valence-corrected chi connectivity index (χ1v) is 7.24. The van der Waals surface area contributed by atoms with Gasteiger partial charge in [-0.25, -0.2) is 4.39 Å². The fourth-order valence-electron chi connectivity index (χ4n) is 1.87. The van der Waals surface area contributed by atoms with Gasteiger partial charge in [0.25, 0.3) is 5.69 Å². The maximum atomic E-state index is 13.6. The zero-order chi connectivity index (χ0) is 15.4. The standard InChI is InChI=1S/C14H13FIN3O2/c15-10-6-13(14(19(20)21)7-11(10)16)18-8-12(17)9-4-2-1-3-5-9/h1-7,12,18H,8,17H2. The average Bonchev–Trinajstić information content (AvgIpc) is 2.48. The second kappa shape index (κ2) is 6.81. The van der Waals surface area contributed by atoms with Crippen molar-refractivity contribution >= 4 is 34.0 Å². The zero-order valence-electron chi connectivity index (χ0n) is 10.9. The van der Waals surface area contributed by atoms with Gasteiger partial charge in [0.1, 0.15) is 11.5 Å². The van der Waals surface area contributed by atoms with Gasteiger partial charge in [-0.05, 0) is 28.2 Å². The summed E-state index contributed by atoms with van der Waals surface area (Å²) in [6, 6.07) is 11.3. The van der Waals surface area contributed by atoms with E-state index in [1.807, 2.05) is 30.3 Å². The number of nitrogens with one attached hydrogen (secondary N) is 1. The highest BCUT2D eigenvalue weighted by Gasteiger charge is 2.18. The van der Waals surface area contributed by atoms with E-state index in [4.69, 9.17) is 5.73 Å². The molecule has 21 heavy (non-hydrogen) atoms. The summed E-state index contributed by atoms with van der Waals surface area (Å²) >= 11 is 1.72. The van der Waals surface area contributed by atoms with E-state index in [0.29, 0.717) is 0 Å². The molecule has 0 radical (unpaired) electrons. The third-order valence-electron chi connectivity index (χ3n) is 2.98. The number of halogens is 2. The summed E-state index contributed by atoms with van der Waals surface area (Å²) in [5.74, 6) is -0.503. The van der Waals surface area contributed by atoms with Crippen molar-refractivity contribution in [2.45, 2.75) is 6.04 Å². The van der Waals surface area contributed by atoms with Gasteiger partial charge in [0.2, 0.25) is 0 Å². The first-order valence-electron chi connectivity index (χ1n) is 6.17. The molecule has 0 aliphatic heterocycles. The van der Waals surface area contributed by atoms with E-state index in [1.165, 1.54) is 6.07 Å². The van der Waals surface area contributed by atoms with E-state index < -0.39 is 10.7 Å². The largest absolute Gasteiger partial charge is 0.377 e. The van der Waals surface area contributed by atoms with Crippen molar-refractivity contribution < 1.29 is 9.31 Å². The molecular formula is C14H13FIN3O2. The van der Waals surface area contributed by atoms with Crippen LogP contribution < -0.4 is 11.1 Å². The number of benzene rings is 2. The molecule has 0 fully saturated rings. The molecule has 0 aromatic heterocycles. The highest BCUT2D eigenvalue weighted by atomic mass is 127. The number of nitro benzene ring substituents is 1. The monoisotopic (exact) mass is 401 g/mol. The van der Waals surface area contributed by atoms with Gasteiger partial charge in [-0.3, -0.25) is 10.1 Å². The molecule has 0 saturated carbocycles. The van der Waals surface area contributed by atoms with E-state index in [-0.39, 0.29) is 27.5 Å². The number of nitrogens with two attached hydrogens (primary N) is 1. The Morgan fingerprint density at radius 2 is 2.00 bits per heavy atom. The molecular weight excluding hydrogens is 388 g/mol. The normalized spacial score (nSPS) is 12.0. The molecule has 7 heteroatoms. The molecule has 0 aliphatic carbocycles. The van der Waals surface area contributed by atoms with Gasteiger partial charge in [-0.15, -0.1) is 0 Å². The highest BCUT2D eigenvalue weighted by molar-refractivity contribution is 14.1. The summed E-state index contributed by atoms with van der Waals surface area (Å²) in [6.45, 7) is 0.269. The van der Waals surface area contributed by atoms with E-state index >= 15 is 0 Å². The van der Waals surface area contributed by atoms with E-state index in [9.17, 15) is 14.5 Å². The molecule has 5 nitrogen and oxygen atoms in total. The van der Waals surface area contributed by atoms with E-state index in [1.54, 1.807) is 22.6 Å². The topological polar surface area (TPSA) is 81.2 Å². The Balaban J connectivity index is 2.16. The molecule has 3 N–H and O–H groups in total. The first-order chi connectivity index (χ1) is 9.99. The van der Waals surface area contributed by atoms with Gasteiger partial charge in [0.15, 0.2) is 0 Å². The Labute approximate surface area is 134 Å². The van der Waals surface area contributed by atoms with Crippen LogP contribution in [0, 0.1) is 19.5 Å². The van der Waals surface area contributed by atoms with Gasteiger partial charge in [-0.2, -0.15) is 0 Å². The fourth-order valence-corrected chi connectivity index (χ4v) is 2.32. The van der Waals surface area contributed by atoms with Crippen LogP contribution in [0.5, 0.6) is 0 Å². The third-order valence-corrected chi connectivity index (χ3v) is 3.80. The van der Waals surface area contributed by atoms with E-state index in [0.717, 1.165) is 11.6 Å². The van der Waals surface area contributed by atoms with Gasteiger partial charge in [0.05, 0.1) is 8.49 Å². The van der Waals surface area contributed by atoms with E-state index in [2.05, 4.69) is 5.32 Å². The average molecular weight is 401 g/mol. The Morgan fingerprint density at radius 1 is 1.33 bits per heavy atom. The summed E-state index contributed by atoms with van der Waals surface area (Å²) in [5.41, 5.74) is 6.87. The highest BCUT2D eigenvalue weighted by Crippen LogP contribution is 2.29. The predicted molar refractivity (Wildman–Crippen MR) is 87.6 cm³/mol. The second-order valence-corrected chi connectivity index (χ2v) is 5.60. The molecule has 2 rings (SSSR count). The van der Waals surface area contributed by atoms with Crippen molar-refractivity contribution in [1.82, 2.24) is 0 Å². The molecule has 2 aromatic rings. The number of nitrogens with zero attached hydrogens (tertiary/aromatic N) is 1. The smallest absolute Gasteiger partial charge is 0.293 e. The van der Waals surface area contributed by atoms with Crippen molar-refractivity contribution in [2.75, 3.05) is 11.9 Å². The minimum Gasteiger partial charge on any atom is -0.377 e. The summed E-state index contributed by atoms with van der Waals surface area (Å²) < 4.78 is 13.8. The molecule has 0 bridgehead atoms. The molecule has 1 unspecified atom stereocenters. The molecule has 0 heterocycles. The van der Waals surface area contributed by atoms with Crippen LogP contribution in [-0.2, 0) is 0 Å². The lowest BCUT2D eigenvalue weighted by molar-refractivity contribution is -0.384. The van der Waals surface area contributed by atoms with Crippen LogP contribution in [0.4, 0.5) is 15.8 Å². The summed E-state index contributed by atoms with van der Waals surface area (Å²) in [6.07, 6.45) is 0. The van der Waals surface area contributed by atoms with Crippen molar-refractivity contribution in [3.05, 3.63) is 67.5 Å². The SMILES string of the molecule is NC(CNc1cc(F)c(I)cc1[N+](=O)[O-])c1ccccc1. The molecule has 2 aromatic carbocycles. The summed E-state index contributed by atoms with van der Waals surface area (Å²) in [7, 11) is 0. The van der Waals surface area contributed by atoms with Crippen molar-refractivity contribution in [2.24, 2.45) is 5.73 Å². The number of hydrogen-bond donors (Lipinski definition) is 2. The first kappa shape index (κ1) is 15.6. The van der Waals surface area contributed by atoms with Gasteiger partial charge < -0.3 is 11.1 Å². The van der Waals surface area contributed by atoms with Crippen molar-refractivity contribution in [3.63, 3.8) is 0 Å². The van der Waals surface area contributed by atoms with Crippen molar-refractivity contribution in [1.29, 1.82) is 0 Å². The third kappa shape index (κ3) is 3.88. The summed E-state index contributed by atoms with van der Waals surface area (Å²) in [5, 5.41) is 13.9. The van der Waals surface area contributed by atoms with Gasteiger partial charge in [0, 0.05) is 24.7 Å². The Bertz CT molecular complexity index is 652. The van der Waals surface area contributed by atoms with Crippen LogP contribution in [0.15, 0.2) is 42.5 Å². The van der Waals surface area contributed by atoms with Crippen LogP contribution in [0.1, 0.15) is 11.6 Å². The van der Waals surface area contributed by atoms with Gasteiger partial charge >= 0.3 is 0 Å². The van der Waals surface area contributed by atoms with Crippen LogP contribution >= 0.6 is 22.6 Å². The van der Waals surface area contributed by atoms with Crippen LogP contribution in [0.2, 0.25) is 0 Å². The molecule has 0 amide bonds. The van der Waals surface area contributed by atoms with Crippen LogP contribution in [-0.4, -0.2) is 11.5 Å². The maximum absolute atomic E-state index is 13.6. The minimum atomic E-state index is -0.544. The fraction of sp³-hybridized carbons (Fsp3) is 0.143. The second-order valence-electron chi connectivity index (χ2n) is 4.44. The number of rotatable bonds is 5.